The third-order valence-electron chi connectivity index (χ3n) is 1.46. The van der Waals surface area contributed by atoms with Crippen LogP contribution in [0.2, 0.25) is 0 Å². The van der Waals surface area contributed by atoms with Gasteiger partial charge in [-0.05, 0) is 6.92 Å². The largest absolute Gasteiger partial charge is 0.503 e. The Morgan fingerprint density at radius 3 is 1.36 bits per heavy atom. The minimum atomic E-state index is -1.77. The number of hydrogen-bond acceptors (Lipinski definition) is 1. The van der Waals surface area contributed by atoms with Crippen molar-refractivity contribution in [2.45, 2.75) is 20.8 Å². The minimum absolute atomic E-state index is 0.789. The zero-order chi connectivity index (χ0) is 11.5. The summed E-state index contributed by atoms with van der Waals surface area (Å²) in [5, 5.41) is 8.46. The maximum atomic E-state index is 12.5. The average Bonchev–Trinajstić information content (AvgIpc) is 2.24. The van der Waals surface area contributed by atoms with Crippen LogP contribution in [0, 0.1) is 30.2 Å². The van der Waals surface area contributed by atoms with Gasteiger partial charge in [0.2, 0.25) is 11.6 Å². The van der Waals surface area contributed by atoms with Gasteiger partial charge < -0.3 is 5.11 Å². The van der Waals surface area contributed by atoms with Crippen molar-refractivity contribution in [2.75, 3.05) is 0 Å². The van der Waals surface area contributed by atoms with Gasteiger partial charge in [-0.15, -0.1) is 0 Å². The topological polar surface area (TPSA) is 20.2 Å². The van der Waals surface area contributed by atoms with Gasteiger partial charge in [-0.2, -0.15) is 8.78 Å². The second-order valence-electron chi connectivity index (χ2n) is 2.23. The molecule has 5 heteroatoms. The Morgan fingerprint density at radius 1 is 0.786 bits per heavy atom. The van der Waals surface area contributed by atoms with E-state index in [0.717, 1.165) is 6.92 Å². The number of benzene rings is 1. The lowest BCUT2D eigenvalue weighted by Crippen LogP contribution is -1.98. The minimum Gasteiger partial charge on any atom is -0.503 e. The highest BCUT2D eigenvalue weighted by Crippen LogP contribution is 2.27. The molecule has 0 spiro atoms. The zero-order valence-electron chi connectivity index (χ0n) is 7.96. The standard InChI is InChI=1S/C7H4F4O.C2H6/c1-2-3(8)5(10)7(12)6(11)4(2)9;1-2/h12H,1H3;1-2H3. The Balaban J connectivity index is 0.000000791. The van der Waals surface area contributed by atoms with E-state index in [1.807, 2.05) is 13.8 Å². The number of phenols is 1. The van der Waals surface area contributed by atoms with Crippen molar-refractivity contribution >= 4 is 0 Å². The molecular weight excluding hydrogens is 200 g/mol. The third kappa shape index (κ3) is 1.97. The first-order chi connectivity index (χ1) is 6.46. The summed E-state index contributed by atoms with van der Waals surface area (Å²) >= 11 is 0. The summed E-state index contributed by atoms with van der Waals surface area (Å²) in [6.45, 7) is 4.87. The molecule has 0 bridgehead atoms. The van der Waals surface area contributed by atoms with Crippen LogP contribution in [0.1, 0.15) is 19.4 Å². The monoisotopic (exact) mass is 210 g/mol. The van der Waals surface area contributed by atoms with Crippen molar-refractivity contribution in [3.63, 3.8) is 0 Å². The molecule has 80 valence electrons. The molecule has 14 heavy (non-hydrogen) atoms. The number of halogens is 4. The summed E-state index contributed by atoms with van der Waals surface area (Å²) in [6, 6.07) is 0. The third-order valence-corrected chi connectivity index (χ3v) is 1.46. The summed E-state index contributed by atoms with van der Waals surface area (Å²) in [5.74, 6) is -8.33. The number of phenolic OH excluding ortho intramolecular Hbond substituents is 1. The van der Waals surface area contributed by atoms with Crippen molar-refractivity contribution in [1.82, 2.24) is 0 Å². The molecule has 0 amide bonds. The van der Waals surface area contributed by atoms with E-state index in [9.17, 15) is 17.6 Å². The molecule has 0 aromatic heterocycles. The van der Waals surface area contributed by atoms with Gasteiger partial charge in [0.15, 0.2) is 17.4 Å². The fraction of sp³-hybridized carbons (Fsp3) is 0.333. The van der Waals surface area contributed by atoms with E-state index in [-0.39, 0.29) is 0 Å². The summed E-state index contributed by atoms with van der Waals surface area (Å²) in [7, 11) is 0. The molecule has 0 saturated carbocycles. The molecule has 0 aliphatic rings. The van der Waals surface area contributed by atoms with Crippen molar-refractivity contribution in [3.8, 4) is 5.75 Å². The Kier molecular flexibility index (Phi) is 4.40. The van der Waals surface area contributed by atoms with Crippen molar-refractivity contribution in [3.05, 3.63) is 28.8 Å². The van der Waals surface area contributed by atoms with E-state index in [1.54, 1.807) is 0 Å². The lowest BCUT2D eigenvalue weighted by atomic mass is 10.2. The molecule has 0 atom stereocenters. The number of rotatable bonds is 0. The summed E-state index contributed by atoms with van der Waals surface area (Å²) in [6.07, 6.45) is 0. The van der Waals surface area contributed by atoms with Gasteiger partial charge in [-0.25, -0.2) is 8.78 Å². The fourth-order valence-corrected chi connectivity index (χ4v) is 0.730. The van der Waals surface area contributed by atoms with Crippen LogP contribution in [-0.4, -0.2) is 5.11 Å². The quantitative estimate of drug-likeness (QED) is 0.514. The van der Waals surface area contributed by atoms with E-state index >= 15 is 0 Å². The van der Waals surface area contributed by atoms with Crippen LogP contribution in [0.4, 0.5) is 17.6 Å². The molecule has 1 N–H and O–H groups in total. The van der Waals surface area contributed by atoms with Gasteiger partial charge in [-0.1, -0.05) is 13.8 Å². The van der Waals surface area contributed by atoms with Gasteiger partial charge in [0.25, 0.3) is 0 Å². The van der Waals surface area contributed by atoms with E-state index in [1.165, 1.54) is 0 Å². The van der Waals surface area contributed by atoms with Crippen LogP contribution in [0.3, 0.4) is 0 Å². The Hall–Kier alpha value is -1.26. The second kappa shape index (κ2) is 4.83. The van der Waals surface area contributed by atoms with Crippen molar-refractivity contribution < 1.29 is 22.7 Å². The lowest BCUT2D eigenvalue weighted by Gasteiger charge is -2.03. The molecule has 0 unspecified atom stereocenters. The number of aromatic hydroxyl groups is 1. The molecule has 0 saturated heterocycles. The highest BCUT2D eigenvalue weighted by Gasteiger charge is 2.21. The molecule has 1 nitrogen and oxygen atoms in total. The Labute approximate surface area is 79.0 Å². The van der Waals surface area contributed by atoms with Gasteiger partial charge in [0, 0.05) is 5.56 Å². The SMILES string of the molecule is CC.Cc1c(F)c(F)c(O)c(F)c1F. The maximum Gasteiger partial charge on any atom is 0.203 e. The Bertz CT molecular complexity index is 231. The molecular formula is C9H10F4O. The first kappa shape index (κ1) is 12.7. The Morgan fingerprint density at radius 2 is 1.07 bits per heavy atom. The van der Waals surface area contributed by atoms with Crippen molar-refractivity contribution in [1.29, 1.82) is 0 Å². The molecule has 1 rings (SSSR count). The predicted molar refractivity (Wildman–Crippen MR) is 44.0 cm³/mol. The van der Waals surface area contributed by atoms with Gasteiger partial charge in [0.1, 0.15) is 0 Å². The van der Waals surface area contributed by atoms with E-state index in [4.69, 9.17) is 5.11 Å². The molecule has 0 aliphatic heterocycles. The van der Waals surface area contributed by atoms with Crippen LogP contribution < -0.4 is 0 Å². The van der Waals surface area contributed by atoms with E-state index in [0.29, 0.717) is 0 Å². The maximum absolute atomic E-state index is 12.5. The molecule has 1 aromatic rings. The normalized spacial score (nSPS) is 9.36. The van der Waals surface area contributed by atoms with Gasteiger partial charge in [0.05, 0.1) is 0 Å². The smallest absolute Gasteiger partial charge is 0.203 e. The molecule has 0 heterocycles. The fourth-order valence-electron chi connectivity index (χ4n) is 0.730. The van der Waals surface area contributed by atoms with Gasteiger partial charge >= 0.3 is 0 Å². The average molecular weight is 210 g/mol. The summed E-state index contributed by atoms with van der Waals surface area (Å²) in [5.41, 5.74) is -0.789. The van der Waals surface area contributed by atoms with Crippen LogP contribution in [-0.2, 0) is 0 Å². The predicted octanol–water partition coefficient (Wildman–Crippen LogP) is 3.28. The highest BCUT2D eigenvalue weighted by molar-refractivity contribution is 5.32. The van der Waals surface area contributed by atoms with E-state index in [2.05, 4.69) is 0 Å². The van der Waals surface area contributed by atoms with Crippen LogP contribution in [0.5, 0.6) is 5.75 Å². The molecule has 0 aliphatic carbocycles. The molecule has 0 radical (unpaired) electrons. The second-order valence-corrected chi connectivity index (χ2v) is 2.23. The first-order valence-corrected chi connectivity index (χ1v) is 3.98. The molecule has 1 aromatic carbocycles. The van der Waals surface area contributed by atoms with Crippen LogP contribution in [0.15, 0.2) is 0 Å². The van der Waals surface area contributed by atoms with Crippen LogP contribution >= 0.6 is 0 Å². The highest BCUT2D eigenvalue weighted by atomic mass is 19.2. The van der Waals surface area contributed by atoms with E-state index < -0.39 is 34.6 Å². The summed E-state index contributed by atoms with van der Waals surface area (Å²) < 4.78 is 49.8. The van der Waals surface area contributed by atoms with Crippen LogP contribution in [0.25, 0.3) is 0 Å². The first-order valence-electron chi connectivity index (χ1n) is 3.98. The molecule has 0 fully saturated rings. The number of hydrogen-bond donors (Lipinski definition) is 1. The zero-order valence-corrected chi connectivity index (χ0v) is 7.96. The van der Waals surface area contributed by atoms with Gasteiger partial charge in [-0.3, -0.25) is 0 Å². The van der Waals surface area contributed by atoms with Crippen molar-refractivity contribution in [2.24, 2.45) is 0 Å². The summed E-state index contributed by atoms with van der Waals surface area (Å²) in [4.78, 5) is 0. The lowest BCUT2D eigenvalue weighted by molar-refractivity contribution is 0.353.